The molecule has 2 aliphatic rings. The van der Waals surface area contributed by atoms with Crippen molar-refractivity contribution in [2.75, 3.05) is 43.1 Å². The Balaban J connectivity index is 1.72. The summed E-state index contributed by atoms with van der Waals surface area (Å²) in [6.07, 6.45) is 1.81. The second-order valence-electron chi connectivity index (χ2n) is 6.93. The molecule has 0 radical (unpaired) electrons. The van der Waals surface area contributed by atoms with Gasteiger partial charge in [-0.05, 0) is 17.7 Å². The van der Waals surface area contributed by atoms with Crippen LogP contribution in [0.3, 0.4) is 0 Å². The molecule has 0 saturated carbocycles. The lowest BCUT2D eigenvalue weighted by Gasteiger charge is -2.27. The molecule has 1 aromatic carbocycles. The summed E-state index contributed by atoms with van der Waals surface area (Å²) in [6.45, 7) is 2.15. The maximum Gasteiger partial charge on any atom is 0.254 e. The van der Waals surface area contributed by atoms with Crippen LogP contribution >= 0.6 is 0 Å². The van der Waals surface area contributed by atoms with Crippen LogP contribution in [0.1, 0.15) is 33.1 Å². The topological polar surface area (TPSA) is 178 Å². The van der Waals surface area contributed by atoms with Gasteiger partial charge in [-0.15, -0.1) is 0 Å². The van der Waals surface area contributed by atoms with Gasteiger partial charge in [0.1, 0.15) is 29.3 Å². The fraction of sp³-hybridized carbons (Fsp3) is 0.250. The lowest BCUT2D eigenvalue weighted by Crippen LogP contribution is -2.40. The second kappa shape index (κ2) is 8.18. The summed E-state index contributed by atoms with van der Waals surface area (Å²) in [7, 11) is 0. The van der Waals surface area contributed by atoms with Gasteiger partial charge in [-0.1, -0.05) is 12.1 Å². The van der Waals surface area contributed by atoms with Gasteiger partial charge in [0.05, 0.1) is 18.9 Å². The Morgan fingerprint density at radius 1 is 1.23 bits per heavy atom. The number of carbonyl (C=O) groups is 1. The van der Waals surface area contributed by atoms with E-state index in [0.717, 1.165) is 0 Å². The van der Waals surface area contributed by atoms with Crippen molar-refractivity contribution in [1.29, 1.82) is 10.5 Å². The van der Waals surface area contributed by atoms with Gasteiger partial charge in [0.2, 0.25) is 5.96 Å². The number of amides is 1. The average Bonchev–Trinajstić information content (AvgIpc) is 2.79. The molecule has 0 aliphatic carbocycles. The smallest absolute Gasteiger partial charge is 0.254 e. The Kier molecular flexibility index (Phi) is 5.26. The molecule has 2 aromatic rings. The van der Waals surface area contributed by atoms with Crippen LogP contribution in [0.5, 0.6) is 0 Å². The molecule has 156 valence electrons. The Hall–Kier alpha value is -4.35. The number of nitrogens with two attached hydrogens (primary N) is 2. The van der Waals surface area contributed by atoms with E-state index in [-0.39, 0.29) is 28.9 Å². The van der Waals surface area contributed by atoms with E-state index in [1.165, 1.54) is 0 Å². The first-order valence-corrected chi connectivity index (χ1v) is 9.49. The van der Waals surface area contributed by atoms with Crippen LogP contribution in [-0.2, 0) is 4.74 Å². The van der Waals surface area contributed by atoms with Crippen molar-refractivity contribution in [3.63, 3.8) is 0 Å². The van der Waals surface area contributed by atoms with Gasteiger partial charge in [0.25, 0.3) is 5.91 Å². The van der Waals surface area contributed by atoms with Gasteiger partial charge < -0.3 is 26.4 Å². The maximum atomic E-state index is 12.7. The van der Waals surface area contributed by atoms with Crippen molar-refractivity contribution in [3.05, 3.63) is 46.5 Å². The van der Waals surface area contributed by atoms with E-state index in [4.69, 9.17) is 21.5 Å². The van der Waals surface area contributed by atoms with Crippen molar-refractivity contribution < 1.29 is 9.53 Å². The molecule has 11 nitrogen and oxygen atoms in total. The molecular formula is C20H19N9O2. The third-order valence-electron chi connectivity index (χ3n) is 5.13. The number of fused-ring (bicyclic) bond motifs is 1. The number of morpholine rings is 1. The minimum absolute atomic E-state index is 0.0188. The van der Waals surface area contributed by atoms with Gasteiger partial charge in [-0.2, -0.15) is 10.5 Å². The Morgan fingerprint density at radius 3 is 2.58 bits per heavy atom. The van der Waals surface area contributed by atoms with Gasteiger partial charge in [-0.25, -0.2) is 9.98 Å². The number of nitrogens with zero attached hydrogens (tertiary/aromatic N) is 5. The number of rotatable bonds is 2. The molecule has 1 unspecified atom stereocenters. The fourth-order valence-corrected chi connectivity index (χ4v) is 3.58. The molecule has 1 aromatic heterocycles. The Labute approximate surface area is 177 Å². The van der Waals surface area contributed by atoms with E-state index in [2.05, 4.69) is 20.6 Å². The number of pyridine rings is 1. The van der Waals surface area contributed by atoms with Crippen LogP contribution in [0.4, 0.5) is 17.3 Å². The summed E-state index contributed by atoms with van der Waals surface area (Å²) in [5.74, 6) is 0.385. The molecule has 11 heteroatoms. The molecule has 0 spiro atoms. The summed E-state index contributed by atoms with van der Waals surface area (Å²) in [4.78, 5) is 23.2. The minimum Gasteiger partial charge on any atom is -0.397 e. The van der Waals surface area contributed by atoms with Crippen molar-refractivity contribution in [2.24, 2.45) is 4.99 Å². The molecular weight excluding hydrogens is 398 g/mol. The number of aliphatic imine (C=N–C) groups is 1. The number of ether oxygens (including phenoxy) is 1. The summed E-state index contributed by atoms with van der Waals surface area (Å²) >= 11 is 0. The first kappa shape index (κ1) is 19.9. The van der Waals surface area contributed by atoms with Gasteiger partial charge in [-0.3, -0.25) is 10.1 Å². The Bertz CT molecular complexity index is 1140. The number of nitrogen functional groups attached to an aromatic ring is 2. The first-order chi connectivity index (χ1) is 15.0. The lowest BCUT2D eigenvalue weighted by atomic mass is 9.94. The number of nitrogens with one attached hydrogen (secondary N) is 2. The molecule has 31 heavy (non-hydrogen) atoms. The molecule has 0 bridgehead atoms. The van der Waals surface area contributed by atoms with Gasteiger partial charge in [0, 0.05) is 24.2 Å². The monoisotopic (exact) mass is 417 g/mol. The number of nitriles is 2. The van der Waals surface area contributed by atoms with E-state index in [1.54, 1.807) is 35.4 Å². The number of guanidine groups is 1. The molecule has 1 saturated heterocycles. The predicted molar refractivity (Wildman–Crippen MR) is 113 cm³/mol. The third kappa shape index (κ3) is 3.66. The number of hydrogen-bond donors (Lipinski definition) is 4. The van der Waals surface area contributed by atoms with E-state index < -0.39 is 6.04 Å². The van der Waals surface area contributed by atoms with Crippen LogP contribution in [0.15, 0.2) is 29.3 Å². The number of hydrogen-bond acceptors (Lipinski definition) is 10. The zero-order valence-electron chi connectivity index (χ0n) is 16.4. The normalized spacial score (nSPS) is 17.4. The van der Waals surface area contributed by atoms with Crippen LogP contribution < -0.4 is 22.1 Å². The minimum atomic E-state index is -0.653. The molecule has 2 aliphatic heterocycles. The van der Waals surface area contributed by atoms with Crippen molar-refractivity contribution in [2.45, 2.75) is 6.04 Å². The second-order valence-corrected chi connectivity index (χ2v) is 6.93. The molecule has 4 rings (SSSR count). The number of aromatic nitrogens is 1. The lowest BCUT2D eigenvalue weighted by molar-refractivity contribution is 0.0303. The number of benzene rings is 1. The standard InChI is InChI=1S/C20H19N9O2/c21-9-13-15(23)14-16(26-20(25-10-22)28-18(14)27-17(13)24)11-1-3-12(4-2-11)19(30)29-5-7-31-8-6-29/h1-4,16H,5-8H2,(H6,23,24,25,26,27,28). The summed E-state index contributed by atoms with van der Waals surface area (Å²) in [5.41, 5.74) is 14.0. The Morgan fingerprint density at radius 2 is 1.94 bits per heavy atom. The maximum absolute atomic E-state index is 12.7. The van der Waals surface area contributed by atoms with E-state index in [1.807, 2.05) is 6.07 Å². The van der Waals surface area contributed by atoms with Crippen LogP contribution in [0.25, 0.3) is 0 Å². The number of anilines is 3. The predicted octanol–water partition coefficient (Wildman–Crippen LogP) is 0.532. The van der Waals surface area contributed by atoms with Crippen molar-refractivity contribution in [1.82, 2.24) is 15.2 Å². The molecule has 3 heterocycles. The van der Waals surface area contributed by atoms with Gasteiger partial charge >= 0.3 is 0 Å². The van der Waals surface area contributed by atoms with Crippen LogP contribution in [-0.4, -0.2) is 48.1 Å². The van der Waals surface area contributed by atoms with Crippen molar-refractivity contribution >= 4 is 29.2 Å². The quantitative estimate of drug-likeness (QED) is 0.400. The SMILES string of the molecule is N#CNC1=NC(c2ccc(C(=O)N3CCOCC3)cc2)c2c(nc(N)c(C#N)c2N)N1. The zero-order chi connectivity index (χ0) is 22.0. The molecule has 1 atom stereocenters. The molecule has 6 N–H and O–H groups in total. The molecule has 1 amide bonds. The van der Waals surface area contributed by atoms with Crippen LogP contribution in [0, 0.1) is 22.8 Å². The summed E-state index contributed by atoms with van der Waals surface area (Å²) < 4.78 is 5.29. The highest BCUT2D eigenvalue weighted by atomic mass is 16.5. The third-order valence-corrected chi connectivity index (χ3v) is 5.13. The summed E-state index contributed by atoms with van der Waals surface area (Å²) in [6, 6.07) is 8.28. The zero-order valence-corrected chi connectivity index (χ0v) is 16.4. The molecule has 1 fully saturated rings. The largest absolute Gasteiger partial charge is 0.397 e. The fourth-order valence-electron chi connectivity index (χ4n) is 3.58. The average molecular weight is 417 g/mol. The first-order valence-electron chi connectivity index (χ1n) is 9.49. The number of carbonyl (C=O) groups excluding carboxylic acids is 1. The highest BCUT2D eigenvalue weighted by molar-refractivity contribution is 5.98. The van der Waals surface area contributed by atoms with E-state index in [0.29, 0.717) is 48.8 Å². The van der Waals surface area contributed by atoms with Gasteiger partial charge in [0.15, 0.2) is 6.19 Å². The summed E-state index contributed by atoms with van der Waals surface area (Å²) in [5, 5.41) is 23.7. The van der Waals surface area contributed by atoms with Crippen molar-refractivity contribution in [3.8, 4) is 12.3 Å². The highest BCUT2D eigenvalue weighted by Crippen LogP contribution is 2.40. The van der Waals surface area contributed by atoms with Crippen LogP contribution in [0.2, 0.25) is 0 Å². The van der Waals surface area contributed by atoms with E-state index >= 15 is 0 Å². The van der Waals surface area contributed by atoms with E-state index in [9.17, 15) is 10.1 Å². The highest BCUT2D eigenvalue weighted by Gasteiger charge is 2.30.